The number of thioether (sulfide) groups is 1. The van der Waals surface area contributed by atoms with Gasteiger partial charge in [0.2, 0.25) is 0 Å². The van der Waals surface area contributed by atoms with Crippen molar-refractivity contribution in [1.29, 1.82) is 0 Å². The summed E-state index contributed by atoms with van der Waals surface area (Å²) in [5.41, 5.74) is 0.470. The summed E-state index contributed by atoms with van der Waals surface area (Å²) < 4.78 is 0. The molecule has 0 unspecified atom stereocenters. The van der Waals surface area contributed by atoms with Crippen LogP contribution in [0.4, 0.5) is 0 Å². The third kappa shape index (κ3) is 12.3. The summed E-state index contributed by atoms with van der Waals surface area (Å²) in [5.74, 6) is 3.37. The van der Waals surface area contributed by atoms with E-state index >= 15 is 0 Å². The van der Waals surface area contributed by atoms with Gasteiger partial charge in [-0.15, -0.1) is 0 Å². The molecule has 1 nitrogen and oxygen atoms in total. The Morgan fingerprint density at radius 2 is 1.79 bits per heavy atom. The number of hydrogen-bond acceptors (Lipinski definition) is 2. The molecule has 0 amide bonds. The predicted octanol–water partition coefficient (Wildman–Crippen LogP) is 3.40. The van der Waals surface area contributed by atoms with Gasteiger partial charge in [-0.1, -0.05) is 34.6 Å². The highest BCUT2D eigenvalue weighted by molar-refractivity contribution is 7.99. The number of hydrogen-bond donors (Lipinski definition) is 1. The number of nitrogens with one attached hydrogen (secondary N) is 1. The van der Waals surface area contributed by atoms with Crippen LogP contribution in [0.2, 0.25) is 0 Å². The van der Waals surface area contributed by atoms with Crippen molar-refractivity contribution in [2.24, 2.45) is 11.3 Å². The zero-order valence-corrected chi connectivity index (χ0v) is 11.3. The maximum absolute atomic E-state index is 3.49. The second kappa shape index (κ2) is 7.58. The highest BCUT2D eigenvalue weighted by atomic mass is 32.2. The van der Waals surface area contributed by atoms with Crippen LogP contribution in [-0.4, -0.2) is 24.6 Å². The van der Waals surface area contributed by atoms with E-state index in [0.29, 0.717) is 5.41 Å². The average molecular weight is 217 g/mol. The minimum Gasteiger partial charge on any atom is -0.316 e. The molecule has 0 saturated heterocycles. The van der Waals surface area contributed by atoms with Crippen molar-refractivity contribution in [3.8, 4) is 0 Å². The number of rotatable bonds is 7. The first-order valence-corrected chi connectivity index (χ1v) is 6.86. The fourth-order valence-electron chi connectivity index (χ4n) is 1.05. The van der Waals surface area contributed by atoms with Crippen LogP contribution in [0.1, 0.15) is 41.0 Å². The Balaban J connectivity index is 3.07. The van der Waals surface area contributed by atoms with Crippen molar-refractivity contribution in [1.82, 2.24) is 5.32 Å². The van der Waals surface area contributed by atoms with Crippen LogP contribution in [0, 0.1) is 11.3 Å². The Hall–Kier alpha value is 0.310. The van der Waals surface area contributed by atoms with Gasteiger partial charge in [-0.05, 0) is 30.1 Å². The average Bonchev–Trinajstić information content (AvgIpc) is 2.00. The Labute approximate surface area is 94.4 Å². The van der Waals surface area contributed by atoms with Gasteiger partial charge >= 0.3 is 0 Å². The van der Waals surface area contributed by atoms with Crippen LogP contribution in [0.15, 0.2) is 0 Å². The lowest BCUT2D eigenvalue weighted by molar-refractivity contribution is 0.369. The molecular weight excluding hydrogens is 190 g/mol. The SMILES string of the molecule is CC(C)CSCCNCCC(C)(C)C. The van der Waals surface area contributed by atoms with Crippen LogP contribution >= 0.6 is 11.8 Å². The zero-order chi connectivity index (χ0) is 11.0. The maximum Gasteiger partial charge on any atom is 0.00582 e. The zero-order valence-electron chi connectivity index (χ0n) is 10.5. The molecule has 0 aliphatic rings. The van der Waals surface area contributed by atoms with Crippen molar-refractivity contribution < 1.29 is 0 Å². The molecule has 0 heterocycles. The first kappa shape index (κ1) is 14.3. The standard InChI is InChI=1S/C12H27NS/c1-11(2)10-14-9-8-13-7-6-12(3,4)5/h11,13H,6-10H2,1-5H3. The van der Waals surface area contributed by atoms with E-state index in [0.717, 1.165) is 19.0 Å². The second-order valence-corrected chi connectivity index (χ2v) is 6.68. The van der Waals surface area contributed by atoms with E-state index in [-0.39, 0.29) is 0 Å². The van der Waals surface area contributed by atoms with Gasteiger partial charge in [0.1, 0.15) is 0 Å². The first-order chi connectivity index (χ1) is 6.42. The minimum absolute atomic E-state index is 0.470. The van der Waals surface area contributed by atoms with Gasteiger partial charge in [0.05, 0.1) is 0 Å². The van der Waals surface area contributed by atoms with Gasteiger partial charge in [-0.2, -0.15) is 11.8 Å². The fourth-order valence-corrected chi connectivity index (χ4v) is 1.98. The molecule has 0 saturated carbocycles. The Kier molecular flexibility index (Phi) is 7.75. The lowest BCUT2D eigenvalue weighted by Crippen LogP contribution is -2.22. The van der Waals surface area contributed by atoms with Crippen LogP contribution in [0.3, 0.4) is 0 Å². The molecule has 2 heteroatoms. The first-order valence-electron chi connectivity index (χ1n) is 5.70. The van der Waals surface area contributed by atoms with E-state index in [1.165, 1.54) is 17.9 Å². The summed E-state index contributed by atoms with van der Waals surface area (Å²) in [6.45, 7) is 13.8. The molecule has 0 radical (unpaired) electrons. The largest absolute Gasteiger partial charge is 0.316 e. The predicted molar refractivity (Wildman–Crippen MR) is 69.1 cm³/mol. The molecule has 0 rings (SSSR count). The fraction of sp³-hybridized carbons (Fsp3) is 1.00. The summed E-state index contributed by atoms with van der Waals surface area (Å²) in [6, 6.07) is 0. The Morgan fingerprint density at radius 3 is 2.29 bits per heavy atom. The van der Waals surface area contributed by atoms with Crippen molar-refractivity contribution in [3.63, 3.8) is 0 Å². The summed E-state index contributed by atoms with van der Waals surface area (Å²) in [7, 11) is 0. The van der Waals surface area contributed by atoms with E-state index in [9.17, 15) is 0 Å². The third-order valence-corrected chi connectivity index (χ3v) is 3.32. The van der Waals surface area contributed by atoms with E-state index < -0.39 is 0 Å². The van der Waals surface area contributed by atoms with Crippen LogP contribution < -0.4 is 5.32 Å². The summed E-state index contributed by atoms with van der Waals surface area (Å²) in [4.78, 5) is 0. The maximum atomic E-state index is 3.49. The molecule has 0 fully saturated rings. The van der Waals surface area contributed by atoms with Gasteiger partial charge in [0, 0.05) is 12.3 Å². The van der Waals surface area contributed by atoms with Crippen molar-refractivity contribution in [2.75, 3.05) is 24.6 Å². The van der Waals surface area contributed by atoms with E-state index in [2.05, 4.69) is 51.7 Å². The van der Waals surface area contributed by atoms with E-state index in [1.54, 1.807) is 0 Å². The van der Waals surface area contributed by atoms with E-state index in [4.69, 9.17) is 0 Å². The molecule has 0 atom stereocenters. The lowest BCUT2D eigenvalue weighted by Gasteiger charge is -2.18. The van der Waals surface area contributed by atoms with Gasteiger partial charge in [0.15, 0.2) is 0 Å². The minimum atomic E-state index is 0.470. The molecule has 86 valence electrons. The Morgan fingerprint density at radius 1 is 1.14 bits per heavy atom. The third-order valence-electron chi connectivity index (χ3n) is 1.93. The van der Waals surface area contributed by atoms with Crippen molar-refractivity contribution in [2.45, 2.75) is 41.0 Å². The molecule has 0 aliphatic heterocycles. The molecule has 0 aromatic carbocycles. The summed E-state index contributed by atoms with van der Waals surface area (Å²) >= 11 is 2.06. The van der Waals surface area contributed by atoms with E-state index in [1.807, 2.05) is 0 Å². The molecule has 0 bridgehead atoms. The summed E-state index contributed by atoms with van der Waals surface area (Å²) in [5, 5.41) is 3.49. The normalized spacial score (nSPS) is 12.4. The molecule has 0 spiro atoms. The smallest absolute Gasteiger partial charge is 0.00582 e. The van der Waals surface area contributed by atoms with Gasteiger partial charge in [-0.25, -0.2) is 0 Å². The molecule has 0 aromatic heterocycles. The topological polar surface area (TPSA) is 12.0 Å². The van der Waals surface area contributed by atoms with Crippen LogP contribution in [0.5, 0.6) is 0 Å². The van der Waals surface area contributed by atoms with Gasteiger partial charge in [-0.3, -0.25) is 0 Å². The summed E-state index contributed by atoms with van der Waals surface area (Å²) in [6.07, 6.45) is 1.27. The second-order valence-electron chi connectivity index (χ2n) is 5.53. The van der Waals surface area contributed by atoms with Gasteiger partial charge in [0.25, 0.3) is 0 Å². The van der Waals surface area contributed by atoms with Crippen molar-refractivity contribution >= 4 is 11.8 Å². The molecular formula is C12H27NS. The van der Waals surface area contributed by atoms with Crippen LogP contribution in [-0.2, 0) is 0 Å². The van der Waals surface area contributed by atoms with Crippen molar-refractivity contribution in [3.05, 3.63) is 0 Å². The monoisotopic (exact) mass is 217 g/mol. The van der Waals surface area contributed by atoms with Crippen LogP contribution in [0.25, 0.3) is 0 Å². The lowest BCUT2D eigenvalue weighted by atomic mass is 9.92. The Bertz CT molecular complexity index is 127. The molecule has 1 N–H and O–H groups in total. The quantitative estimate of drug-likeness (QED) is 0.656. The molecule has 0 aromatic rings. The highest BCUT2D eigenvalue weighted by Gasteiger charge is 2.08. The molecule has 0 aliphatic carbocycles. The van der Waals surface area contributed by atoms with Gasteiger partial charge < -0.3 is 5.32 Å². The molecule has 14 heavy (non-hydrogen) atoms. The highest BCUT2D eigenvalue weighted by Crippen LogP contribution is 2.16.